The van der Waals surface area contributed by atoms with E-state index in [1.165, 1.54) is 0 Å². The lowest BCUT2D eigenvalue weighted by molar-refractivity contribution is 0.274. The summed E-state index contributed by atoms with van der Waals surface area (Å²) in [5, 5.41) is 0. The number of hydrogen-bond acceptors (Lipinski definition) is 4. The SMILES string of the molecule is Cc1cc(N)cnc1N1CCN(C)CC1C. The molecular weight excluding hydrogens is 200 g/mol. The molecule has 2 heterocycles. The van der Waals surface area contributed by atoms with Crippen molar-refractivity contribution in [3.05, 3.63) is 17.8 Å². The van der Waals surface area contributed by atoms with E-state index in [4.69, 9.17) is 5.73 Å². The van der Waals surface area contributed by atoms with Crippen LogP contribution in [0.25, 0.3) is 0 Å². The molecule has 4 nitrogen and oxygen atoms in total. The van der Waals surface area contributed by atoms with Gasteiger partial charge in [0.15, 0.2) is 0 Å². The number of nitrogens with zero attached hydrogens (tertiary/aromatic N) is 3. The van der Waals surface area contributed by atoms with Crippen molar-refractivity contribution in [2.24, 2.45) is 0 Å². The van der Waals surface area contributed by atoms with Crippen LogP contribution in [0.5, 0.6) is 0 Å². The average molecular weight is 220 g/mol. The number of likely N-dealkylation sites (N-methyl/N-ethyl adjacent to an activating group) is 1. The van der Waals surface area contributed by atoms with Gasteiger partial charge >= 0.3 is 0 Å². The van der Waals surface area contributed by atoms with E-state index in [0.717, 1.165) is 36.7 Å². The number of anilines is 2. The van der Waals surface area contributed by atoms with Crippen molar-refractivity contribution < 1.29 is 0 Å². The molecule has 1 aromatic heterocycles. The molecule has 88 valence electrons. The Morgan fingerprint density at radius 3 is 2.81 bits per heavy atom. The lowest BCUT2D eigenvalue weighted by atomic mass is 10.1. The average Bonchev–Trinajstić information content (AvgIpc) is 2.19. The van der Waals surface area contributed by atoms with Gasteiger partial charge in [0.2, 0.25) is 0 Å². The molecule has 2 rings (SSSR count). The van der Waals surface area contributed by atoms with Gasteiger partial charge in [0, 0.05) is 25.7 Å². The van der Waals surface area contributed by atoms with E-state index in [-0.39, 0.29) is 0 Å². The molecule has 0 bridgehead atoms. The van der Waals surface area contributed by atoms with Crippen LogP contribution in [0.1, 0.15) is 12.5 Å². The lowest BCUT2D eigenvalue weighted by Crippen LogP contribution is -2.51. The first-order valence-electron chi connectivity index (χ1n) is 5.75. The van der Waals surface area contributed by atoms with Crippen molar-refractivity contribution in [1.29, 1.82) is 0 Å². The van der Waals surface area contributed by atoms with Gasteiger partial charge in [0.1, 0.15) is 5.82 Å². The van der Waals surface area contributed by atoms with Crippen LogP contribution in [-0.4, -0.2) is 42.6 Å². The summed E-state index contributed by atoms with van der Waals surface area (Å²) in [6.07, 6.45) is 1.74. The zero-order valence-electron chi connectivity index (χ0n) is 10.3. The van der Waals surface area contributed by atoms with Gasteiger partial charge in [-0.1, -0.05) is 0 Å². The van der Waals surface area contributed by atoms with E-state index in [1.807, 2.05) is 6.07 Å². The third-order valence-corrected chi connectivity index (χ3v) is 3.17. The normalized spacial score (nSPS) is 22.4. The molecule has 1 unspecified atom stereocenters. The maximum Gasteiger partial charge on any atom is 0.131 e. The molecule has 0 aliphatic carbocycles. The molecule has 0 spiro atoms. The van der Waals surface area contributed by atoms with Gasteiger partial charge in [-0.2, -0.15) is 0 Å². The Morgan fingerprint density at radius 1 is 1.44 bits per heavy atom. The first kappa shape index (κ1) is 11.2. The number of pyridine rings is 1. The van der Waals surface area contributed by atoms with Crippen LogP contribution in [0.4, 0.5) is 11.5 Å². The number of aromatic nitrogens is 1. The van der Waals surface area contributed by atoms with E-state index >= 15 is 0 Å². The maximum absolute atomic E-state index is 5.72. The van der Waals surface area contributed by atoms with E-state index < -0.39 is 0 Å². The van der Waals surface area contributed by atoms with Gasteiger partial charge in [-0.3, -0.25) is 0 Å². The molecule has 1 fully saturated rings. The Labute approximate surface area is 97.1 Å². The zero-order valence-corrected chi connectivity index (χ0v) is 10.3. The van der Waals surface area contributed by atoms with Crippen LogP contribution < -0.4 is 10.6 Å². The largest absolute Gasteiger partial charge is 0.397 e. The molecule has 1 atom stereocenters. The van der Waals surface area contributed by atoms with Gasteiger partial charge < -0.3 is 15.5 Å². The minimum absolute atomic E-state index is 0.508. The highest BCUT2D eigenvalue weighted by atomic mass is 15.3. The topological polar surface area (TPSA) is 45.4 Å². The second-order valence-electron chi connectivity index (χ2n) is 4.71. The standard InChI is InChI=1S/C12H20N4/c1-9-6-11(13)7-14-12(9)16-5-4-15(3)8-10(16)2/h6-7,10H,4-5,8,13H2,1-3H3. The Kier molecular flexibility index (Phi) is 3.01. The minimum atomic E-state index is 0.508. The molecule has 0 saturated carbocycles. The molecule has 0 amide bonds. The fraction of sp³-hybridized carbons (Fsp3) is 0.583. The number of hydrogen-bond donors (Lipinski definition) is 1. The van der Waals surface area contributed by atoms with Crippen LogP contribution in [0, 0.1) is 6.92 Å². The molecule has 2 N–H and O–H groups in total. The second kappa shape index (κ2) is 4.29. The van der Waals surface area contributed by atoms with Crippen LogP contribution in [0.3, 0.4) is 0 Å². The number of aryl methyl sites for hydroxylation is 1. The van der Waals surface area contributed by atoms with Crippen molar-refractivity contribution >= 4 is 11.5 Å². The molecule has 0 aromatic carbocycles. The number of rotatable bonds is 1. The summed E-state index contributed by atoms with van der Waals surface area (Å²) in [5.74, 6) is 1.08. The quantitative estimate of drug-likeness (QED) is 0.770. The molecular formula is C12H20N4. The number of nitrogens with two attached hydrogens (primary N) is 1. The van der Waals surface area contributed by atoms with Gasteiger partial charge in [0.25, 0.3) is 0 Å². The van der Waals surface area contributed by atoms with Crippen LogP contribution >= 0.6 is 0 Å². The highest BCUT2D eigenvalue weighted by Gasteiger charge is 2.23. The second-order valence-corrected chi connectivity index (χ2v) is 4.71. The first-order chi connectivity index (χ1) is 7.58. The summed E-state index contributed by atoms with van der Waals surface area (Å²) >= 11 is 0. The monoisotopic (exact) mass is 220 g/mol. The maximum atomic E-state index is 5.72. The van der Waals surface area contributed by atoms with E-state index in [0.29, 0.717) is 6.04 Å². The summed E-state index contributed by atoms with van der Waals surface area (Å²) in [6, 6.07) is 2.50. The molecule has 0 radical (unpaired) electrons. The van der Waals surface area contributed by atoms with Crippen LogP contribution in [0.2, 0.25) is 0 Å². The highest BCUT2D eigenvalue weighted by molar-refractivity contribution is 5.53. The fourth-order valence-electron chi connectivity index (χ4n) is 2.34. The number of piperazine rings is 1. The Morgan fingerprint density at radius 2 is 2.19 bits per heavy atom. The molecule has 1 aliphatic heterocycles. The summed E-state index contributed by atoms with van der Waals surface area (Å²) in [7, 11) is 2.16. The van der Waals surface area contributed by atoms with Crippen molar-refractivity contribution in [2.75, 3.05) is 37.3 Å². The van der Waals surface area contributed by atoms with Crippen LogP contribution in [0.15, 0.2) is 12.3 Å². The van der Waals surface area contributed by atoms with Crippen molar-refractivity contribution in [3.8, 4) is 0 Å². The molecule has 4 heteroatoms. The predicted molar refractivity (Wildman–Crippen MR) is 67.7 cm³/mol. The molecule has 16 heavy (non-hydrogen) atoms. The smallest absolute Gasteiger partial charge is 0.131 e. The van der Waals surface area contributed by atoms with Gasteiger partial charge in [0.05, 0.1) is 11.9 Å². The fourth-order valence-corrected chi connectivity index (χ4v) is 2.34. The Bertz CT molecular complexity index is 377. The molecule has 1 aliphatic rings. The summed E-state index contributed by atoms with van der Waals surface area (Å²) in [5.41, 5.74) is 7.63. The minimum Gasteiger partial charge on any atom is -0.397 e. The van der Waals surface area contributed by atoms with E-state index in [9.17, 15) is 0 Å². The van der Waals surface area contributed by atoms with Crippen molar-refractivity contribution in [1.82, 2.24) is 9.88 Å². The molecule has 1 saturated heterocycles. The lowest BCUT2D eigenvalue weighted by Gasteiger charge is -2.39. The molecule has 1 aromatic rings. The van der Waals surface area contributed by atoms with Crippen molar-refractivity contribution in [2.45, 2.75) is 19.9 Å². The third kappa shape index (κ3) is 2.11. The first-order valence-corrected chi connectivity index (χ1v) is 5.75. The highest BCUT2D eigenvalue weighted by Crippen LogP contribution is 2.22. The predicted octanol–water partition coefficient (Wildman–Crippen LogP) is 1.11. The third-order valence-electron chi connectivity index (χ3n) is 3.17. The number of nitrogen functional groups attached to an aromatic ring is 1. The van der Waals surface area contributed by atoms with Gasteiger partial charge in [-0.15, -0.1) is 0 Å². The van der Waals surface area contributed by atoms with Crippen molar-refractivity contribution in [3.63, 3.8) is 0 Å². The Hall–Kier alpha value is -1.29. The summed E-state index contributed by atoms with van der Waals surface area (Å²) < 4.78 is 0. The van der Waals surface area contributed by atoms with Crippen LogP contribution in [-0.2, 0) is 0 Å². The van der Waals surface area contributed by atoms with Gasteiger partial charge in [-0.25, -0.2) is 4.98 Å². The zero-order chi connectivity index (χ0) is 11.7. The summed E-state index contributed by atoms with van der Waals surface area (Å²) in [4.78, 5) is 9.18. The summed E-state index contributed by atoms with van der Waals surface area (Å²) in [6.45, 7) is 7.54. The van der Waals surface area contributed by atoms with Gasteiger partial charge in [-0.05, 0) is 32.5 Å². The van der Waals surface area contributed by atoms with E-state index in [2.05, 4.69) is 35.7 Å². The Balaban J connectivity index is 2.23. The van der Waals surface area contributed by atoms with E-state index in [1.54, 1.807) is 6.20 Å².